The van der Waals surface area contributed by atoms with E-state index in [9.17, 15) is 4.79 Å². The quantitative estimate of drug-likeness (QED) is 0.456. The molecule has 0 saturated heterocycles. The fourth-order valence-corrected chi connectivity index (χ4v) is 1.34. The molecule has 2 aliphatic rings. The smallest absolute Gasteiger partial charge is 0.154 e. The van der Waals surface area contributed by atoms with Gasteiger partial charge < -0.3 is 0 Å². The molecule has 1 heteroatoms. The van der Waals surface area contributed by atoms with Crippen molar-refractivity contribution in [1.29, 1.82) is 0 Å². The highest BCUT2D eigenvalue weighted by molar-refractivity contribution is 5.92. The van der Waals surface area contributed by atoms with Crippen LogP contribution in [0.25, 0.3) is 0 Å². The molecule has 0 aromatic carbocycles. The Bertz CT molecular complexity index is 221. The lowest BCUT2D eigenvalue weighted by Gasteiger charge is -1.98. The molecule has 2 atom stereocenters. The van der Waals surface area contributed by atoms with Crippen molar-refractivity contribution in [3.05, 3.63) is 36.5 Å². The average molecular weight is 132 g/mol. The van der Waals surface area contributed by atoms with Gasteiger partial charge in [-0.2, -0.15) is 0 Å². The summed E-state index contributed by atoms with van der Waals surface area (Å²) in [6.07, 6.45) is 11.7. The van der Waals surface area contributed by atoms with Crippen LogP contribution in [0, 0.1) is 11.8 Å². The molecular formula is C9H8O. The van der Waals surface area contributed by atoms with Crippen molar-refractivity contribution in [2.45, 2.75) is 0 Å². The van der Waals surface area contributed by atoms with Crippen LogP contribution in [0.3, 0.4) is 0 Å². The Morgan fingerprint density at radius 1 is 0.900 bits per heavy atom. The van der Waals surface area contributed by atoms with Crippen molar-refractivity contribution in [2.75, 3.05) is 0 Å². The van der Waals surface area contributed by atoms with E-state index in [1.165, 1.54) is 0 Å². The highest BCUT2D eigenvalue weighted by atomic mass is 16.1. The highest BCUT2D eigenvalue weighted by Crippen LogP contribution is 2.23. The second-order valence-electron chi connectivity index (χ2n) is 2.61. The lowest BCUT2D eigenvalue weighted by molar-refractivity contribution is -0.120. The first-order valence-corrected chi connectivity index (χ1v) is 3.45. The predicted molar refractivity (Wildman–Crippen MR) is 39.4 cm³/mol. The van der Waals surface area contributed by atoms with Gasteiger partial charge in [-0.25, -0.2) is 0 Å². The van der Waals surface area contributed by atoms with Gasteiger partial charge in [0.05, 0.1) is 11.8 Å². The van der Waals surface area contributed by atoms with Crippen LogP contribution in [0.5, 0.6) is 0 Å². The van der Waals surface area contributed by atoms with Crippen LogP contribution in [0.4, 0.5) is 0 Å². The zero-order valence-corrected chi connectivity index (χ0v) is 5.53. The summed E-state index contributed by atoms with van der Waals surface area (Å²) in [5.41, 5.74) is 0. The van der Waals surface area contributed by atoms with Gasteiger partial charge in [0, 0.05) is 0 Å². The lowest BCUT2D eigenvalue weighted by Crippen LogP contribution is -2.10. The Kier molecular flexibility index (Phi) is 1.10. The largest absolute Gasteiger partial charge is 0.298 e. The first-order chi connectivity index (χ1) is 4.88. The zero-order chi connectivity index (χ0) is 6.97. The summed E-state index contributed by atoms with van der Waals surface area (Å²) in [5, 5.41) is 0. The van der Waals surface area contributed by atoms with Crippen molar-refractivity contribution in [3.63, 3.8) is 0 Å². The van der Waals surface area contributed by atoms with Crippen molar-refractivity contribution >= 4 is 5.78 Å². The minimum Gasteiger partial charge on any atom is -0.298 e. The maximum absolute atomic E-state index is 11.2. The van der Waals surface area contributed by atoms with Crippen LogP contribution < -0.4 is 0 Å². The number of allylic oxidation sites excluding steroid dienone is 6. The summed E-state index contributed by atoms with van der Waals surface area (Å²) in [6.45, 7) is 0. The number of Topliss-reactive ketones (excluding diaryl/α,β-unsaturated/α-hetero) is 1. The molecule has 0 saturated carbocycles. The van der Waals surface area contributed by atoms with Crippen molar-refractivity contribution in [1.82, 2.24) is 0 Å². The summed E-state index contributed by atoms with van der Waals surface area (Å²) in [4.78, 5) is 11.2. The third-order valence-electron chi connectivity index (χ3n) is 1.93. The number of fused-ring (bicyclic) bond motifs is 2. The van der Waals surface area contributed by atoms with Crippen LogP contribution >= 0.6 is 0 Å². The van der Waals surface area contributed by atoms with Crippen molar-refractivity contribution in [2.24, 2.45) is 11.8 Å². The van der Waals surface area contributed by atoms with Crippen LogP contribution in [0.15, 0.2) is 36.5 Å². The molecule has 50 valence electrons. The third-order valence-corrected chi connectivity index (χ3v) is 1.93. The summed E-state index contributed by atoms with van der Waals surface area (Å²) in [5.74, 6) is 0.421. The summed E-state index contributed by atoms with van der Waals surface area (Å²) in [6, 6.07) is 0. The Morgan fingerprint density at radius 2 is 1.40 bits per heavy atom. The third kappa shape index (κ3) is 0.670. The van der Waals surface area contributed by atoms with Gasteiger partial charge in [-0.1, -0.05) is 36.5 Å². The molecular weight excluding hydrogens is 124 g/mol. The standard InChI is InChI=1S/C9H8O/c10-9-7-3-1-2-4-8(9)6-5-7/h1-8H/t7-,8?/m0/s1. The molecule has 0 heterocycles. The number of rotatable bonds is 0. The molecule has 0 amide bonds. The molecule has 2 rings (SSSR count). The Hall–Kier alpha value is -1.11. The first kappa shape index (κ1) is 5.66. The second kappa shape index (κ2) is 1.94. The molecule has 0 aromatic rings. The highest BCUT2D eigenvalue weighted by Gasteiger charge is 2.25. The topological polar surface area (TPSA) is 17.1 Å². The van der Waals surface area contributed by atoms with E-state index < -0.39 is 0 Å². The maximum Gasteiger partial charge on any atom is 0.154 e. The van der Waals surface area contributed by atoms with Gasteiger partial charge in [0.1, 0.15) is 0 Å². The van der Waals surface area contributed by atoms with E-state index in [4.69, 9.17) is 0 Å². The number of hydrogen-bond donors (Lipinski definition) is 0. The second-order valence-corrected chi connectivity index (χ2v) is 2.61. The number of carbonyl (C=O) groups excluding carboxylic acids is 1. The van der Waals surface area contributed by atoms with Gasteiger partial charge in [0.15, 0.2) is 5.78 Å². The predicted octanol–water partition coefficient (Wildman–Crippen LogP) is 1.48. The maximum atomic E-state index is 11.2. The molecule has 0 spiro atoms. The number of hydrogen-bond acceptors (Lipinski definition) is 1. The molecule has 10 heavy (non-hydrogen) atoms. The average Bonchev–Trinajstić information content (AvgIpc) is 2.06. The fourth-order valence-electron chi connectivity index (χ4n) is 1.34. The molecule has 2 aliphatic carbocycles. The molecule has 1 unspecified atom stereocenters. The van der Waals surface area contributed by atoms with E-state index >= 15 is 0 Å². The molecule has 0 aromatic heterocycles. The minimum atomic E-state index is 0.0556. The molecule has 0 radical (unpaired) electrons. The van der Waals surface area contributed by atoms with E-state index in [1.807, 2.05) is 36.5 Å². The minimum absolute atomic E-state index is 0.0556. The van der Waals surface area contributed by atoms with E-state index in [2.05, 4.69) is 0 Å². The van der Waals surface area contributed by atoms with Gasteiger partial charge in [-0.3, -0.25) is 4.79 Å². The van der Waals surface area contributed by atoms with Crippen molar-refractivity contribution < 1.29 is 4.79 Å². The SMILES string of the molecule is O=C1C2C=CC=C[C@H]1C=C2. The van der Waals surface area contributed by atoms with Crippen LogP contribution in [0.2, 0.25) is 0 Å². The number of carbonyl (C=O) groups is 1. The normalized spacial score (nSPS) is 35.0. The number of ketones is 1. The molecule has 0 fully saturated rings. The van der Waals surface area contributed by atoms with Gasteiger partial charge in [0.2, 0.25) is 0 Å². The molecule has 0 N–H and O–H groups in total. The fraction of sp³-hybridized carbons (Fsp3) is 0.222. The summed E-state index contributed by atoms with van der Waals surface area (Å²) in [7, 11) is 0. The Balaban J connectivity index is 2.44. The van der Waals surface area contributed by atoms with E-state index in [1.54, 1.807) is 0 Å². The van der Waals surface area contributed by atoms with Gasteiger partial charge in [-0.05, 0) is 0 Å². The van der Waals surface area contributed by atoms with Gasteiger partial charge >= 0.3 is 0 Å². The lowest BCUT2D eigenvalue weighted by atomic mass is 10.0. The Labute approximate surface area is 59.7 Å². The molecule has 2 bridgehead atoms. The monoisotopic (exact) mass is 132 g/mol. The first-order valence-electron chi connectivity index (χ1n) is 3.45. The van der Waals surface area contributed by atoms with Gasteiger partial charge in [-0.15, -0.1) is 0 Å². The summed E-state index contributed by atoms with van der Waals surface area (Å²) < 4.78 is 0. The molecule has 1 nitrogen and oxygen atoms in total. The Morgan fingerprint density at radius 3 is 1.90 bits per heavy atom. The van der Waals surface area contributed by atoms with Crippen LogP contribution in [-0.2, 0) is 4.79 Å². The van der Waals surface area contributed by atoms with Gasteiger partial charge in [0.25, 0.3) is 0 Å². The zero-order valence-electron chi connectivity index (χ0n) is 5.53. The van der Waals surface area contributed by atoms with E-state index in [-0.39, 0.29) is 11.8 Å². The van der Waals surface area contributed by atoms with Crippen LogP contribution in [-0.4, -0.2) is 5.78 Å². The van der Waals surface area contributed by atoms with E-state index in [0.717, 1.165) is 0 Å². The van der Waals surface area contributed by atoms with Crippen LogP contribution in [0.1, 0.15) is 0 Å². The molecule has 0 aliphatic heterocycles. The van der Waals surface area contributed by atoms with Crippen molar-refractivity contribution in [3.8, 4) is 0 Å². The van der Waals surface area contributed by atoms with E-state index in [0.29, 0.717) is 5.78 Å². The summed E-state index contributed by atoms with van der Waals surface area (Å²) >= 11 is 0.